The first-order valence-corrected chi connectivity index (χ1v) is 4.67. The Morgan fingerprint density at radius 2 is 1.80 bits per heavy atom. The molecule has 2 aliphatic heterocycles. The lowest BCUT2D eigenvalue weighted by atomic mass is 9.58. The molecule has 5 aliphatic rings. The molecular formula is C9H15N. The third-order valence-corrected chi connectivity index (χ3v) is 3.83. The monoisotopic (exact) mass is 137 g/mol. The molecule has 2 saturated heterocycles. The molecule has 0 amide bonds. The van der Waals surface area contributed by atoms with Gasteiger partial charge in [0, 0.05) is 6.04 Å². The molecule has 0 aromatic carbocycles. The highest BCUT2D eigenvalue weighted by Crippen LogP contribution is 2.50. The van der Waals surface area contributed by atoms with E-state index in [2.05, 4.69) is 5.32 Å². The molecule has 5 rings (SSSR count). The van der Waals surface area contributed by atoms with Crippen molar-refractivity contribution < 1.29 is 0 Å². The molecule has 1 N–H and O–H groups in total. The molecule has 56 valence electrons. The molecule has 4 bridgehead atoms. The van der Waals surface area contributed by atoms with E-state index in [-0.39, 0.29) is 0 Å². The van der Waals surface area contributed by atoms with Crippen LogP contribution < -0.4 is 5.32 Å². The van der Waals surface area contributed by atoms with E-state index >= 15 is 0 Å². The fourth-order valence-electron chi connectivity index (χ4n) is 3.33. The summed E-state index contributed by atoms with van der Waals surface area (Å²) in [4.78, 5) is 0. The minimum Gasteiger partial charge on any atom is -0.313 e. The summed E-state index contributed by atoms with van der Waals surface area (Å²) < 4.78 is 0. The Bertz CT molecular complexity index is 143. The highest BCUT2D eigenvalue weighted by Gasteiger charge is 2.48. The van der Waals surface area contributed by atoms with Crippen molar-refractivity contribution in [1.29, 1.82) is 0 Å². The van der Waals surface area contributed by atoms with Crippen molar-refractivity contribution in [2.75, 3.05) is 6.54 Å². The van der Waals surface area contributed by atoms with Crippen LogP contribution in [0.15, 0.2) is 0 Å². The third-order valence-electron chi connectivity index (χ3n) is 3.83. The van der Waals surface area contributed by atoms with Crippen LogP contribution in [0.3, 0.4) is 0 Å². The van der Waals surface area contributed by atoms with E-state index in [9.17, 15) is 0 Å². The molecule has 10 heavy (non-hydrogen) atoms. The van der Waals surface area contributed by atoms with E-state index in [0.29, 0.717) is 0 Å². The van der Waals surface area contributed by atoms with Crippen LogP contribution in [0.4, 0.5) is 0 Å². The molecule has 2 atom stereocenters. The van der Waals surface area contributed by atoms with Gasteiger partial charge < -0.3 is 5.32 Å². The Labute approximate surface area is 62.2 Å². The average molecular weight is 137 g/mol. The lowest BCUT2D eigenvalue weighted by molar-refractivity contribution is 0.0368. The first-order valence-electron chi connectivity index (χ1n) is 4.67. The fraction of sp³-hybridized carbons (Fsp3) is 1.00. The van der Waals surface area contributed by atoms with E-state index in [4.69, 9.17) is 0 Å². The molecule has 5 fully saturated rings. The maximum Gasteiger partial charge on any atom is 0.0124 e. The van der Waals surface area contributed by atoms with E-state index < -0.39 is 0 Å². The average Bonchev–Trinajstić information content (AvgIpc) is 2.19. The topological polar surface area (TPSA) is 12.0 Å². The van der Waals surface area contributed by atoms with Gasteiger partial charge in [0.15, 0.2) is 0 Å². The van der Waals surface area contributed by atoms with E-state index in [1.807, 2.05) is 0 Å². The fourth-order valence-corrected chi connectivity index (χ4v) is 3.33. The summed E-state index contributed by atoms with van der Waals surface area (Å²) in [6.45, 7) is 1.31. The van der Waals surface area contributed by atoms with Gasteiger partial charge in [0.2, 0.25) is 0 Å². The Morgan fingerprint density at radius 1 is 1.00 bits per heavy atom. The summed E-state index contributed by atoms with van der Waals surface area (Å²) >= 11 is 0. The van der Waals surface area contributed by atoms with Crippen molar-refractivity contribution >= 4 is 0 Å². The van der Waals surface area contributed by atoms with E-state index in [1.54, 1.807) is 19.3 Å². The molecule has 3 aliphatic carbocycles. The van der Waals surface area contributed by atoms with E-state index in [0.717, 1.165) is 23.8 Å². The van der Waals surface area contributed by atoms with Gasteiger partial charge in [0.25, 0.3) is 0 Å². The molecule has 0 aromatic heterocycles. The van der Waals surface area contributed by atoms with Gasteiger partial charge in [0.1, 0.15) is 0 Å². The van der Waals surface area contributed by atoms with Gasteiger partial charge >= 0.3 is 0 Å². The Hall–Kier alpha value is -0.0400. The largest absolute Gasteiger partial charge is 0.313 e. The summed E-state index contributed by atoms with van der Waals surface area (Å²) in [5.74, 6) is 3.28. The van der Waals surface area contributed by atoms with Crippen LogP contribution >= 0.6 is 0 Å². The van der Waals surface area contributed by atoms with Crippen LogP contribution in [0, 0.1) is 17.8 Å². The van der Waals surface area contributed by atoms with Crippen molar-refractivity contribution in [2.24, 2.45) is 17.8 Å². The molecule has 2 heterocycles. The Balaban J connectivity index is 1.89. The van der Waals surface area contributed by atoms with Gasteiger partial charge in [0.05, 0.1) is 0 Å². The zero-order valence-corrected chi connectivity index (χ0v) is 6.34. The van der Waals surface area contributed by atoms with Crippen molar-refractivity contribution in [3.63, 3.8) is 0 Å². The van der Waals surface area contributed by atoms with Crippen LogP contribution in [0.5, 0.6) is 0 Å². The summed E-state index contributed by atoms with van der Waals surface area (Å²) in [6, 6.07) is 0.957. The maximum absolute atomic E-state index is 3.67. The number of hydrogen-bond acceptors (Lipinski definition) is 1. The number of rotatable bonds is 0. The quantitative estimate of drug-likeness (QED) is 0.532. The second-order valence-corrected chi connectivity index (χ2v) is 4.36. The highest BCUT2D eigenvalue weighted by molar-refractivity contribution is 5.02. The number of nitrogens with one attached hydrogen (secondary N) is 1. The molecule has 0 aromatic rings. The Morgan fingerprint density at radius 3 is 2.60 bits per heavy atom. The van der Waals surface area contributed by atoms with Crippen molar-refractivity contribution in [1.82, 2.24) is 5.32 Å². The zero-order valence-electron chi connectivity index (χ0n) is 6.34. The predicted molar refractivity (Wildman–Crippen MR) is 40.7 cm³/mol. The first-order chi connectivity index (χ1) is 4.93. The minimum atomic E-state index is 0.957. The second kappa shape index (κ2) is 1.76. The second-order valence-electron chi connectivity index (χ2n) is 4.36. The summed E-state index contributed by atoms with van der Waals surface area (Å²) in [7, 11) is 0. The molecular weight excluding hydrogens is 122 g/mol. The summed E-state index contributed by atoms with van der Waals surface area (Å²) in [6.07, 6.45) is 6.11. The van der Waals surface area contributed by atoms with Gasteiger partial charge in [-0.2, -0.15) is 0 Å². The van der Waals surface area contributed by atoms with Crippen molar-refractivity contribution in [2.45, 2.75) is 31.7 Å². The normalized spacial score (nSPS) is 57.6. The predicted octanol–water partition coefficient (Wildman–Crippen LogP) is 1.39. The molecule has 0 spiro atoms. The van der Waals surface area contributed by atoms with Gasteiger partial charge in [-0.25, -0.2) is 0 Å². The Kier molecular flexibility index (Phi) is 0.984. The number of hydrogen-bond donors (Lipinski definition) is 1. The first kappa shape index (κ1) is 5.59. The SMILES string of the molecule is C1CC2CC3CC(C2)C3N1. The van der Waals surface area contributed by atoms with Gasteiger partial charge in [-0.05, 0) is 50.0 Å². The third kappa shape index (κ3) is 0.572. The minimum absolute atomic E-state index is 0.957. The maximum atomic E-state index is 3.67. The molecule has 2 unspecified atom stereocenters. The van der Waals surface area contributed by atoms with E-state index in [1.165, 1.54) is 13.0 Å². The van der Waals surface area contributed by atoms with Crippen molar-refractivity contribution in [3.8, 4) is 0 Å². The smallest absolute Gasteiger partial charge is 0.0124 e. The molecule has 0 radical (unpaired) electrons. The van der Waals surface area contributed by atoms with Crippen LogP contribution in [0.1, 0.15) is 25.7 Å². The van der Waals surface area contributed by atoms with Crippen molar-refractivity contribution in [3.05, 3.63) is 0 Å². The lowest BCUT2D eigenvalue weighted by Gasteiger charge is -2.50. The molecule has 3 saturated carbocycles. The number of fused-ring (bicyclic) bond motifs is 2. The summed E-state index contributed by atoms with van der Waals surface area (Å²) in [5, 5.41) is 3.67. The van der Waals surface area contributed by atoms with Crippen LogP contribution in [0.2, 0.25) is 0 Å². The van der Waals surface area contributed by atoms with Crippen LogP contribution in [-0.2, 0) is 0 Å². The standard InChI is InChI=1S/C9H15N/c1-2-10-9-7-3-6(1)4-8(9)5-7/h6-10H,1-5H2. The molecule has 1 heteroatoms. The lowest BCUT2D eigenvalue weighted by Crippen LogP contribution is -2.53. The van der Waals surface area contributed by atoms with Gasteiger partial charge in [-0.3, -0.25) is 0 Å². The summed E-state index contributed by atoms with van der Waals surface area (Å²) in [5.41, 5.74) is 0. The van der Waals surface area contributed by atoms with Gasteiger partial charge in [-0.1, -0.05) is 0 Å². The van der Waals surface area contributed by atoms with Crippen LogP contribution in [-0.4, -0.2) is 12.6 Å². The highest BCUT2D eigenvalue weighted by atomic mass is 15.0. The van der Waals surface area contributed by atoms with Crippen LogP contribution in [0.25, 0.3) is 0 Å². The molecule has 1 nitrogen and oxygen atoms in total. The zero-order chi connectivity index (χ0) is 6.55. The van der Waals surface area contributed by atoms with Gasteiger partial charge in [-0.15, -0.1) is 0 Å².